The highest BCUT2D eigenvalue weighted by atomic mass is 31.2. The van der Waals surface area contributed by atoms with Crippen LogP contribution in [-0.4, -0.2) is 105 Å². The number of aliphatic hydroxyl groups excluding tert-OH is 1. The Balaban J connectivity index is 1.12. The van der Waals surface area contributed by atoms with Gasteiger partial charge in [0.1, 0.15) is 48.0 Å². The molecular weight excluding hydrogens is 646 g/mol. The number of imidazole rings is 2. The van der Waals surface area contributed by atoms with E-state index in [0.29, 0.717) is 11.2 Å². The lowest BCUT2D eigenvalue weighted by molar-refractivity contribution is -0.184. The van der Waals surface area contributed by atoms with Crippen LogP contribution < -0.4 is 17.0 Å². The summed E-state index contributed by atoms with van der Waals surface area (Å²) in [6.07, 6.45) is -5.04. The fourth-order valence-corrected chi connectivity index (χ4v) is 7.84. The zero-order valence-corrected chi connectivity index (χ0v) is 24.5. The second-order valence-corrected chi connectivity index (χ2v) is 13.1. The predicted octanol–water partition coefficient (Wildman–Crippen LogP) is -1.64. The van der Waals surface area contributed by atoms with Crippen LogP contribution in [0.25, 0.3) is 22.3 Å². The van der Waals surface area contributed by atoms with Gasteiger partial charge in [0.05, 0.1) is 32.5 Å². The van der Waals surface area contributed by atoms with E-state index in [-0.39, 0.29) is 29.5 Å². The Hall–Kier alpha value is -3.40. The molecule has 4 bridgehead atoms. The lowest BCUT2D eigenvalue weighted by atomic mass is 10.0. The highest BCUT2D eigenvalue weighted by molar-refractivity contribution is 7.47. The Morgan fingerprint density at radius 2 is 1.84 bits per heavy atom. The topological polar surface area (TPSA) is 298 Å². The number of phosphoric acid groups is 1. The summed E-state index contributed by atoms with van der Waals surface area (Å²) in [5.41, 5.74) is 9.82. The van der Waals surface area contributed by atoms with E-state index in [4.69, 9.17) is 43.8 Å². The molecule has 4 fully saturated rings. The minimum atomic E-state index is -5.03. The second kappa shape index (κ2) is 10.3. The van der Waals surface area contributed by atoms with E-state index in [2.05, 4.69) is 29.9 Å². The smallest absolute Gasteiger partial charge is 0.387 e. The molecule has 8 rings (SSSR count). The van der Waals surface area contributed by atoms with Crippen LogP contribution >= 0.6 is 16.1 Å². The monoisotopic (exact) mass is 670 g/mol. The quantitative estimate of drug-likeness (QED) is 0.149. The van der Waals surface area contributed by atoms with Crippen LogP contribution in [0.4, 0.5) is 11.8 Å². The van der Waals surface area contributed by atoms with Crippen LogP contribution in [-0.2, 0) is 41.4 Å². The minimum Gasteiger partial charge on any atom is -0.387 e. The van der Waals surface area contributed by atoms with Crippen LogP contribution in [0.3, 0.4) is 0 Å². The van der Waals surface area contributed by atoms with Crippen molar-refractivity contribution >= 4 is 50.2 Å². The first-order chi connectivity index (χ1) is 21.5. The van der Waals surface area contributed by atoms with Gasteiger partial charge >= 0.3 is 16.1 Å². The normalized spacial score (nSPS) is 38.6. The van der Waals surface area contributed by atoms with Gasteiger partial charge in [-0.2, -0.15) is 4.98 Å². The molecule has 24 heteroatoms. The summed E-state index contributed by atoms with van der Waals surface area (Å²) in [5, 5.41) is 11.1. The van der Waals surface area contributed by atoms with Gasteiger partial charge in [0.25, 0.3) is 5.56 Å². The molecule has 4 aromatic rings. The predicted molar refractivity (Wildman–Crippen MR) is 145 cm³/mol. The number of aromatic amines is 1. The van der Waals surface area contributed by atoms with E-state index >= 15 is 0 Å². The first-order valence-corrected chi connectivity index (χ1v) is 16.0. The SMILES string of the molecule is Nc1nc2c(ncn2C2OC3CO[PH](=O)OC4C5OCC4(COP(=O)(O)OC2C3O)OC5n2cnc3c(N)ncnc32)c(=O)[nH]1. The summed E-state index contributed by atoms with van der Waals surface area (Å²) in [7, 11) is -8.36. The third-order valence-electron chi connectivity index (χ3n) is 7.99. The molecule has 240 valence electrons. The number of rotatable bonds is 2. The lowest BCUT2D eigenvalue weighted by Crippen LogP contribution is -2.45. The van der Waals surface area contributed by atoms with Gasteiger partial charge in [-0.1, -0.05) is 0 Å². The summed E-state index contributed by atoms with van der Waals surface area (Å²) in [6.45, 7) is -1.32. The van der Waals surface area contributed by atoms with Crippen molar-refractivity contribution in [2.24, 2.45) is 0 Å². The molecule has 0 radical (unpaired) electrons. The first kappa shape index (κ1) is 29.0. The van der Waals surface area contributed by atoms with Crippen molar-refractivity contribution in [3.8, 4) is 0 Å². The third-order valence-corrected chi connectivity index (χ3v) is 9.80. The number of hydrogen-bond donors (Lipinski definition) is 5. The van der Waals surface area contributed by atoms with E-state index in [1.165, 1.54) is 21.8 Å². The fourth-order valence-electron chi connectivity index (χ4n) is 5.94. The molecule has 0 aliphatic carbocycles. The standard InChI is InChI=1S/C21H24N10O12P2/c22-14-8-15(25-4-24-14)30(5-26-8)19-12-13-21(41-19,2-37-12)3-39-45(35,36)43-11-10(32)7(1-38-44(34)42-13)40-18(11)31-6-27-9-16(31)28-20(23)29-17(9)33/h4-7,10-13,18-19,32,44H,1-3H2,(H,35,36)(H2,22,24,25)(H3,23,28,29,33). The van der Waals surface area contributed by atoms with E-state index < -0.39 is 83.4 Å². The number of H-pyrrole nitrogens is 1. The number of hydrogen-bond acceptors (Lipinski definition) is 18. The highest BCUT2D eigenvalue weighted by Crippen LogP contribution is 2.55. The van der Waals surface area contributed by atoms with Gasteiger partial charge in [-0.3, -0.25) is 32.5 Å². The molecule has 4 aliphatic rings. The molecule has 8 heterocycles. The first-order valence-electron chi connectivity index (χ1n) is 13.3. The maximum atomic E-state index is 13.4. The summed E-state index contributed by atoms with van der Waals surface area (Å²) in [5.74, 6) is -0.105. The number of nitrogens with one attached hydrogen (secondary N) is 1. The number of aliphatic hydroxyl groups is 1. The number of nitrogens with two attached hydrogens (primary N) is 2. The number of fused-ring (bicyclic) bond motifs is 4. The molecule has 10 unspecified atom stereocenters. The number of aromatic nitrogens is 8. The Labute approximate surface area is 250 Å². The van der Waals surface area contributed by atoms with Crippen LogP contribution in [0.1, 0.15) is 12.5 Å². The Kier molecular flexibility index (Phi) is 6.65. The highest BCUT2D eigenvalue weighted by Gasteiger charge is 2.65. The largest absolute Gasteiger partial charge is 0.472 e. The van der Waals surface area contributed by atoms with E-state index in [1.54, 1.807) is 0 Å². The van der Waals surface area contributed by atoms with Gasteiger partial charge < -0.3 is 44.7 Å². The number of nitrogens with zero attached hydrogens (tertiary/aromatic N) is 7. The number of nitrogen functional groups attached to an aromatic ring is 2. The molecule has 45 heavy (non-hydrogen) atoms. The summed E-state index contributed by atoms with van der Waals surface area (Å²) >= 11 is 0. The van der Waals surface area contributed by atoms with E-state index in [1.807, 2.05) is 0 Å². The van der Waals surface area contributed by atoms with Crippen molar-refractivity contribution in [3.05, 3.63) is 29.3 Å². The van der Waals surface area contributed by atoms with Crippen molar-refractivity contribution in [2.45, 2.75) is 48.6 Å². The lowest BCUT2D eigenvalue weighted by Gasteiger charge is -2.32. The van der Waals surface area contributed by atoms with E-state index in [9.17, 15) is 23.9 Å². The molecule has 22 nitrogen and oxygen atoms in total. The molecule has 4 aromatic heterocycles. The van der Waals surface area contributed by atoms with Gasteiger partial charge in [-0.05, 0) is 0 Å². The molecule has 0 spiro atoms. The average molecular weight is 670 g/mol. The van der Waals surface area contributed by atoms with Crippen molar-refractivity contribution in [1.82, 2.24) is 39.0 Å². The molecule has 4 aliphatic heterocycles. The number of phosphoric ester groups is 1. The molecule has 7 N–H and O–H groups in total. The van der Waals surface area contributed by atoms with Gasteiger partial charge in [0.15, 0.2) is 35.1 Å². The van der Waals surface area contributed by atoms with Crippen molar-refractivity contribution < 1.29 is 51.4 Å². The third kappa shape index (κ3) is 4.61. The van der Waals surface area contributed by atoms with Crippen LogP contribution in [0, 0.1) is 0 Å². The molecule has 4 saturated heterocycles. The van der Waals surface area contributed by atoms with Crippen molar-refractivity contribution in [1.29, 1.82) is 0 Å². The fraction of sp³-hybridized carbons (Fsp3) is 0.524. The Morgan fingerprint density at radius 3 is 2.67 bits per heavy atom. The number of ether oxygens (including phenoxy) is 3. The minimum absolute atomic E-state index is 0.0596. The summed E-state index contributed by atoms with van der Waals surface area (Å²) in [4.78, 5) is 45.9. The zero-order chi connectivity index (χ0) is 31.2. The van der Waals surface area contributed by atoms with Crippen LogP contribution in [0.5, 0.6) is 0 Å². The molecule has 0 aromatic carbocycles. The summed E-state index contributed by atoms with van der Waals surface area (Å²) < 4.78 is 69.5. The van der Waals surface area contributed by atoms with Crippen molar-refractivity contribution in [2.75, 3.05) is 31.3 Å². The molecule has 0 saturated carbocycles. The average Bonchev–Trinajstić information content (AvgIpc) is 3.80. The number of anilines is 2. The Bertz CT molecular complexity index is 1950. The van der Waals surface area contributed by atoms with Crippen molar-refractivity contribution in [3.63, 3.8) is 0 Å². The van der Waals surface area contributed by atoms with Gasteiger partial charge in [-0.25, -0.2) is 24.5 Å². The molecular formula is C21H24N10O12P2. The van der Waals surface area contributed by atoms with E-state index in [0.717, 1.165) is 6.33 Å². The van der Waals surface area contributed by atoms with Gasteiger partial charge in [0.2, 0.25) is 5.95 Å². The second-order valence-electron chi connectivity index (χ2n) is 10.7. The van der Waals surface area contributed by atoms with Crippen LogP contribution in [0.2, 0.25) is 0 Å². The maximum absolute atomic E-state index is 13.4. The van der Waals surface area contributed by atoms with Gasteiger partial charge in [-0.15, -0.1) is 0 Å². The molecule has 0 amide bonds. The summed E-state index contributed by atoms with van der Waals surface area (Å²) in [6, 6.07) is 0. The Morgan fingerprint density at radius 1 is 1.07 bits per heavy atom. The van der Waals surface area contributed by atoms with Gasteiger partial charge in [0, 0.05) is 0 Å². The zero-order valence-electron chi connectivity index (χ0n) is 22.6. The maximum Gasteiger partial charge on any atom is 0.472 e. The molecule has 10 atom stereocenters. The van der Waals surface area contributed by atoms with Crippen LogP contribution in [0.15, 0.2) is 23.8 Å².